The van der Waals surface area contributed by atoms with E-state index in [9.17, 15) is 8.78 Å². The molecule has 0 radical (unpaired) electrons. The van der Waals surface area contributed by atoms with Gasteiger partial charge in [0.15, 0.2) is 5.96 Å². The van der Waals surface area contributed by atoms with Gasteiger partial charge in [0.25, 0.3) is 0 Å². The third kappa shape index (κ3) is 5.65. The van der Waals surface area contributed by atoms with Crippen LogP contribution in [0.1, 0.15) is 36.4 Å². The highest BCUT2D eigenvalue weighted by Gasteiger charge is 2.13. The summed E-state index contributed by atoms with van der Waals surface area (Å²) in [5.74, 6) is 0.399. The summed E-state index contributed by atoms with van der Waals surface area (Å²) in [6, 6.07) is 3.37. The maximum atomic E-state index is 13.6. The lowest BCUT2D eigenvalue weighted by atomic mass is 10.1. The van der Waals surface area contributed by atoms with E-state index in [1.54, 1.807) is 7.05 Å². The lowest BCUT2D eigenvalue weighted by Crippen LogP contribution is -2.36. The number of hydrogen-bond donors (Lipinski definition) is 2. The summed E-state index contributed by atoms with van der Waals surface area (Å²) in [5, 5.41) is 10.2. The second-order valence-corrected chi connectivity index (χ2v) is 5.25. The second kappa shape index (κ2) is 10.3. The van der Waals surface area contributed by atoms with Crippen molar-refractivity contribution in [3.63, 3.8) is 0 Å². The Labute approximate surface area is 163 Å². The first-order chi connectivity index (χ1) is 11.6. The molecule has 1 aromatic heterocycles. The number of nitrogens with zero attached hydrogens (tertiary/aromatic N) is 2. The minimum Gasteiger partial charge on any atom is -0.361 e. The van der Waals surface area contributed by atoms with Crippen LogP contribution in [0.2, 0.25) is 0 Å². The maximum Gasteiger partial charge on any atom is 0.191 e. The van der Waals surface area contributed by atoms with Gasteiger partial charge in [-0.15, -0.1) is 24.0 Å². The van der Waals surface area contributed by atoms with Crippen molar-refractivity contribution < 1.29 is 13.3 Å². The van der Waals surface area contributed by atoms with Gasteiger partial charge in [-0.2, -0.15) is 0 Å². The Morgan fingerprint density at radius 1 is 1.16 bits per heavy atom. The first kappa shape index (κ1) is 21.3. The molecule has 0 aliphatic rings. The largest absolute Gasteiger partial charge is 0.361 e. The Morgan fingerprint density at radius 3 is 2.52 bits per heavy atom. The number of aryl methyl sites for hydroxylation is 2. The summed E-state index contributed by atoms with van der Waals surface area (Å²) in [6.07, 6.45) is 1.53. The monoisotopic (exact) mass is 464 g/mol. The van der Waals surface area contributed by atoms with E-state index >= 15 is 0 Å². The van der Waals surface area contributed by atoms with Crippen molar-refractivity contribution in [1.82, 2.24) is 15.8 Å². The van der Waals surface area contributed by atoms with Gasteiger partial charge in [0.1, 0.15) is 17.4 Å². The van der Waals surface area contributed by atoms with Crippen molar-refractivity contribution in [2.45, 2.75) is 39.8 Å². The molecular formula is C17H23F2IN4O. The van der Waals surface area contributed by atoms with Gasteiger partial charge >= 0.3 is 0 Å². The lowest BCUT2D eigenvalue weighted by Gasteiger charge is -2.12. The van der Waals surface area contributed by atoms with E-state index in [1.165, 1.54) is 6.07 Å². The summed E-state index contributed by atoms with van der Waals surface area (Å²) in [7, 11) is 1.62. The Hall–Kier alpha value is -1.71. The van der Waals surface area contributed by atoms with E-state index in [2.05, 4.69) is 20.8 Å². The molecule has 0 spiro atoms. The van der Waals surface area contributed by atoms with E-state index in [0.29, 0.717) is 12.5 Å². The molecular weight excluding hydrogens is 441 g/mol. The molecule has 8 heteroatoms. The molecule has 2 N–H and O–H groups in total. The number of guanidine groups is 1. The number of aromatic nitrogens is 1. The van der Waals surface area contributed by atoms with Crippen LogP contribution in [-0.2, 0) is 25.9 Å². The van der Waals surface area contributed by atoms with Crippen molar-refractivity contribution in [1.29, 1.82) is 0 Å². The fourth-order valence-corrected chi connectivity index (χ4v) is 2.39. The zero-order valence-electron chi connectivity index (χ0n) is 14.5. The van der Waals surface area contributed by atoms with Crippen LogP contribution < -0.4 is 10.6 Å². The summed E-state index contributed by atoms with van der Waals surface area (Å²) in [5.41, 5.74) is 2.16. The first-order valence-corrected chi connectivity index (χ1v) is 7.93. The van der Waals surface area contributed by atoms with E-state index < -0.39 is 11.6 Å². The fourth-order valence-electron chi connectivity index (χ4n) is 2.39. The van der Waals surface area contributed by atoms with Gasteiger partial charge in [-0.05, 0) is 24.6 Å². The Kier molecular flexibility index (Phi) is 8.81. The zero-order valence-corrected chi connectivity index (χ0v) is 16.9. The van der Waals surface area contributed by atoms with Crippen LogP contribution in [-0.4, -0.2) is 18.2 Å². The third-order valence-electron chi connectivity index (χ3n) is 3.72. The van der Waals surface area contributed by atoms with Crippen LogP contribution in [0.25, 0.3) is 0 Å². The molecule has 0 amide bonds. The van der Waals surface area contributed by atoms with Crippen molar-refractivity contribution in [3.8, 4) is 0 Å². The van der Waals surface area contributed by atoms with E-state index in [1.807, 2.05) is 13.8 Å². The van der Waals surface area contributed by atoms with Crippen LogP contribution in [0.4, 0.5) is 8.78 Å². The molecule has 2 rings (SSSR count). The van der Waals surface area contributed by atoms with E-state index in [0.717, 1.165) is 42.0 Å². The molecule has 0 saturated carbocycles. The molecule has 138 valence electrons. The standard InChI is InChI=1S/C17H22F2N4O.HI/c1-4-15-13(16(5-2)24-23-15)10-22-17(20-3)21-9-11-8-12(18)6-7-14(11)19;/h6-8H,4-5,9-10H2,1-3H3,(H2,20,21,22);1H. The molecule has 0 fully saturated rings. The van der Waals surface area contributed by atoms with Crippen LogP contribution in [0.15, 0.2) is 27.7 Å². The second-order valence-electron chi connectivity index (χ2n) is 5.25. The van der Waals surface area contributed by atoms with E-state index in [4.69, 9.17) is 4.52 Å². The number of nitrogens with one attached hydrogen (secondary N) is 2. The van der Waals surface area contributed by atoms with Gasteiger partial charge in [-0.25, -0.2) is 8.78 Å². The molecule has 0 saturated heterocycles. The molecule has 0 bridgehead atoms. The van der Waals surface area contributed by atoms with Gasteiger partial charge in [-0.1, -0.05) is 19.0 Å². The minimum atomic E-state index is -0.471. The predicted octanol–water partition coefficient (Wildman–Crippen LogP) is 3.56. The van der Waals surface area contributed by atoms with Crippen molar-refractivity contribution in [2.75, 3.05) is 7.05 Å². The van der Waals surface area contributed by atoms with Gasteiger partial charge in [0.05, 0.1) is 5.69 Å². The highest BCUT2D eigenvalue weighted by atomic mass is 127. The Balaban J connectivity index is 0.00000312. The van der Waals surface area contributed by atoms with Gasteiger partial charge in [0.2, 0.25) is 0 Å². The summed E-state index contributed by atoms with van der Waals surface area (Å²) in [6.45, 7) is 4.65. The molecule has 5 nitrogen and oxygen atoms in total. The van der Waals surface area contributed by atoms with Crippen LogP contribution in [0, 0.1) is 11.6 Å². The summed E-state index contributed by atoms with van der Waals surface area (Å²) < 4.78 is 32.2. The molecule has 0 aliphatic carbocycles. The van der Waals surface area contributed by atoms with Crippen LogP contribution in [0.3, 0.4) is 0 Å². The molecule has 0 aliphatic heterocycles. The van der Waals surface area contributed by atoms with E-state index in [-0.39, 0.29) is 36.1 Å². The average Bonchev–Trinajstić information content (AvgIpc) is 2.99. The highest BCUT2D eigenvalue weighted by molar-refractivity contribution is 14.0. The predicted molar refractivity (Wildman–Crippen MR) is 104 cm³/mol. The van der Waals surface area contributed by atoms with Gasteiger partial charge in [0, 0.05) is 37.7 Å². The van der Waals surface area contributed by atoms with Gasteiger partial charge < -0.3 is 15.2 Å². The quantitative estimate of drug-likeness (QED) is 0.390. The SMILES string of the molecule is CCc1noc(CC)c1CNC(=NC)NCc1cc(F)ccc1F.I. The fraction of sp³-hybridized carbons (Fsp3) is 0.412. The minimum absolute atomic E-state index is 0. The number of aliphatic imine (C=N–C) groups is 1. The van der Waals surface area contributed by atoms with Crippen molar-refractivity contribution in [3.05, 3.63) is 52.4 Å². The van der Waals surface area contributed by atoms with Crippen LogP contribution in [0.5, 0.6) is 0 Å². The topological polar surface area (TPSA) is 62.5 Å². The smallest absolute Gasteiger partial charge is 0.191 e. The third-order valence-corrected chi connectivity index (χ3v) is 3.72. The average molecular weight is 464 g/mol. The molecule has 25 heavy (non-hydrogen) atoms. The van der Waals surface area contributed by atoms with Crippen LogP contribution >= 0.6 is 24.0 Å². The highest BCUT2D eigenvalue weighted by Crippen LogP contribution is 2.15. The molecule has 0 unspecified atom stereocenters. The molecule has 0 atom stereocenters. The number of halogens is 3. The van der Waals surface area contributed by atoms with Crippen molar-refractivity contribution >= 4 is 29.9 Å². The Bertz CT molecular complexity index is 697. The lowest BCUT2D eigenvalue weighted by molar-refractivity contribution is 0.380. The normalized spacial score (nSPS) is 11.2. The summed E-state index contributed by atoms with van der Waals surface area (Å²) >= 11 is 0. The molecule has 2 aromatic rings. The number of hydrogen-bond acceptors (Lipinski definition) is 3. The molecule has 1 heterocycles. The zero-order chi connectivity index (χ0) is 17.5. The molecule has 1 aromatic carbocycles. The van der Waals surface area contributed by atoms with Crippen molar-refractivity contribution in [2.24, 2.45) is 4.99 Å². The summed E-state index contributed by atoms with van der Waals surface area (Å²) in [4.78, 5) is 4.09. The number of benzene rings is 1. The Morgan fingerprint density at radius 2 is 1.88 bits per heavy atom. The first-order valence-electron chi connectivity index (χ1n) is 7.93. The number of rotatable bonds is 6. The maximum absolute atomic E-state index is 13.6. The van der Waals surface area contributed by atoms with Gasteiger partial charge in [-0.3, -0.25) is 4.99 Å².